The Kier molecular flexibility index (Phi) is 7.68. The second kappa shape index (κ2) is 10.4. The number of benzene rings is 1. The Morgan fingerprint density at radius 3 is 2.25 bits per heavy atom. The molecule has 1 saturated carbocycles. The zero-order chi connectivity index (χ0) is 19.8. The molecule has 2 fully saturated rings. The van der Waals surface area contributed by atoms with Crippen molar-refractivity contribution in [1.29, 1.82) is 0 Å². The van der Waals surface area contributed by atoms with E-state index in [1.807, 2.05) is 24.3 Å². The van der Waals surface area contributed by atoms with E-state index in [0.717, 1.165) is 70.0 Å². The fraction of sp³-hybridized carbons (Fsp3) is 0.619. The first-order valence-electron chi connectivity index (χ1n) is 10.2. The van der Waals surface area contributed by atoms with Gasteiger partial charge in [0.15, 0.2) is 0 Å². The number of ether oxygens (including phenoxy) is 2. The zero-order valence-electron chi connectivity index (χ0n) is 16.6. The van der Waals surface area contributed by atoms with Gasteiger partial charge < -0.3 is 20.1 Å². The molecule has 7 heteroatoms. The number of morpholine rings is 1. The van der Waals surface area contributed by atoms with Crippen molar-refractivity contribution < 1.29 is 19.1 Å². The number of carbonyl (C=O) groups excluding carboxylic acids is 2. The largest absolute Gasteiger partial charge is 0.497 e. The van der Waals surface area contributed by atoms with E-state index < -0.39 is 0 Å². The van der Waals surface area contributed by atoms with Crippen molar-refractivity contribution >= 4 is 17.5 Å². The number of nitrogens with zero attached hydrogens (tertiary/aromatic N) is 1. The van der Waals surface area contributed by atoms with Gasteiger partial charge in [0.25, 0.3) is 0 Å². The molecule has 1 aromatic rings. The normalized spacial score (nSPS) is 23.0. The number of amides is 2. The van der Waals surface area contributed by atoms with Gasteiger partial charge in [-0.3, -0.25) is 14.5 Å². The van der Waals surface area contributed by atoms with Crippen LogP contribution in [0.3, 0.4) is 0 Å². The summed E-state index contributed by atoms with van der Waals surface area (Å²) in [4.78, 5) is 27.2. The van der Waals surface area contributed by atoms with Crippen molar-refractivity contribution in [2.75, 3.05) is 51.8 Å². The average Bonchev–Trinajstić information content (AvgIpc) is 2.75. The van der Waals surface area contributed by atoms with E-state index in [2.05, 4.69) is 15.5 Å². The molecule has 1 heterocycles. The van der Waals surface area contributed by atoms with Crippen LogP contribution in [0.4, 0.5) is 5.69 Å². The molecule has 3 rings (SSSR count). The van der Waals surface area contributed by atoms with Gasteiger partial charge in [0, 0.05) is 43.7 Å². The lowest BCUT2D eigenvalue weighted by Gasteiger charge is -2.28. The van der Waals surface area contributed by atoms with Gasteiger partial charge in [-0.05, 0) is 49.9 Å². The Morgan fingerprint density at radius 2 is 1.64 bits per heavy atom. The van der Waals surface area contributed by atoms with Crippen LogP contribution >= 0.6 is 0 Å². The molecule has 2 amide bonds. The van der Waals surface area contributed by atoms with Crippen LogP contribution in [0.1, 0.15) is 25.7 Å². The van der Waals surface area contributed by atoms with Crippen molar-refractivity contribution in [2.45, 2.75) is 25.7 Å². The molecule has 2 N–H and O–H groups in total. The van der Waals surface area contributed by atoms with Crippen molar-refractivity contribution in [3.05, 3.63) is 24.3 Å². The molecular weight excluding hydrogens is 358 g/mol. The van der Waals surface area contributed by atoms with E-state index >= 15 is 0 Å². The van der Waals surface area contributed by atoms with Crippen LogP contribution in [0, 0.1) is 11.8 Å². The van der Waals surface area contributed by atoms with Crippen molar-refractivity contribution in [3.63, 3.8) is 0 Å². The summed E-state index contributed by atoms with van der Waals surface area (Å²) in [7, 11) is 1.62. The number of anilines is 1. The molecular formula is C21H31N3O4. The second-order valence-electron chi connectivity index (χ2n) is 7.51. The first kappa shape index (κ1) is 20.6. The molecule has 154 valence electrons. The van der Waals surface area contributed by atoms with Gasteiger partial charge in [0.1, 0.15) is 5.75 Å². The quantitative estimate of drug-likeness (QED) is 0.744. The summed E-state index contributed by atoms with van der Waals surface area (Å²) in [5.74, 6) is 0.922. The van der Waals surface area contributed by atoms with E-state index in [9.17, 15) is 9.59 Å². The van der Waals surface area contributed by atoms with E-state index in [1.165, 1.54) is 0 Å². The van der Waals surface area contributed by atoms with E-state index in [1.54, 1.807) is 7.11 Å². The molecule has 7 nitrogen and oxygen atoms in total. The fourth-order valence-electron chi connectivity index (χ4n) is 3.84. The Bertz CT molecular complexity index is 636. The van der Waals surface area contributed by atoms with Gasteiger partial charge in [-0.25, -0.2) is 0 Å². The number of hydrogen-bond donors (Lipinski definition) is 2. The predicted octanol–water partition coefficient (Wildman–Crippen LogP) is 1.89. The summed E-state index contributed by atoms with van der Waals surface area (Å²) >= 11 is 0. The molecule has 1 aromatic carbocycles. The summed E-state index contributed by atoms with van der Waals surface area (Å²) in [6.45, 7) is 4.97. The molecule has 1 aliphatic carbocycles. The van der Waals surface area contributed by atoms with Gasteiger partial charge in [0.05, 0.1) is 20.3 Å². The summed E-state index contributed by atoms with van der Waals surface area (Å²) in [6, 6.07) is 7.33. The molecule has 1 aliphatic heterocycles. The monoisotopic (exact) mass is 389 g/mol. The Hall–Kier alpha value is -2.12. The molecule has 0 aromatic heterocycles. The third-order valence-electron chi connectivity index (χ3n) is 5.66. The van der Waals surface area contributed by atoms with Crippen molar-refractivity contribution in [3.8, 4) is 5.75 Å². The highest BCUT2D eigenvalue weighted by Crippen LogP contribution is 2.30. The maximum atomic E-state index is 12.5. The maximum absolute atomic E-state index is 12.5. The van der Waals surface area contributed by atoms with Gasteiger partial charge in [-0.2, -0.15) is 0 Å². The SMILES string of the molecule is COc1ccc(NC(=O)C2CCC(C(=O)NCCN3CCOCC3)CC2)cc1. The molecule has 0 spiro atoms. The number of hydrogen-bond acceptors (Lipinski definition) is 5. The Labute approximate surface area is 166 Å². The van der Waals surface area contributed by atoms with Crippen molar-refractivity contribution in [1.82, 2.24) is 10.2 Å². The molecule has 28 heavy (non-hydrogen) atoms. The minimum atomic E-state index is -0.0282. The summed E-state index contributed by atoms with van der Waals surface area (Å²) in [5.41, 5.74) is 0.772. The minimum Gasteiger partial charge on any atom is -0.497 e. The lowest BCUT2D eigenvalue weighted by molar-refractivity contribution is -0.128. The third-order valence-corrected chi connectivity index (χ3v) is 5.66. The summed E-state index contributed by atoms with van der Waals surface area (Å²) in [5, 5.41) is 6.03. The number of carbonyl (C=O) groups is 2. The van der Waals surface area contributed by atoms with Gasteiger partial charge in [-0.1, -0.05) is 0 Å². The van der Waals surface area contributed by atoms with Crippen LogP contribution in [0.2, 0.25) is 0 Å². The number of nitrogens with one attached hydrogen (secondary N) is 2. The van der Waals surface area contributed by atoms with Crippen LogP contribution in [0.15, 0.2) is 24.3 Å². The summed E-state index contributed by atoms with van der Waals surface area (Å²) < 4.78 is 10.5. The number of methoxy groups -OCH3 is 1. The highest BCUT2D eigenvalue weighted by atomic mass is 16.5. The highest BCUT2D eigenvalue weighted by molar-refractivity contribution is 5.92. The first-order chi connectivity index (χ1) is 13.7. The van der Waals surface area contributed by atoms with Crippen molar-refractivity contribution in [2.24, 2.45) is 11.8 Å². The molecule has 2 aliphatic rings. The Balaban J connectivity index is 1.35. The smallest absolute Gasteiger partial charge is 0.227 e. The molecule has 0 atom stereocenters. The van der Waals surface area contributed by atoms with Crippen LogP contribution in [-0.2, 0) is 14.3 Å². The third kappa shape index (κ3) is 5.94. The van der Waals surface area contributed by atoms with E-state index in [-0.39, 0.29) is 23.7 Å². The van der Waals surface area contributed by atoms with Gasteiger partial charge in [-0.15, -0.1) is 0 Å². The molecule has 1 saturated heterocycles. The van der Waals surface area contributed by atoms with Crippen LogP contribution < -0.4 is 15.4 Å². The van der Waals surface area contributed by atoms with E-state index in [4.69, 9.17) is 9.47 Å². The van der Waals surface area contributed by atoms with Crippen LogP contribution in [0.5, 0.6) is 5.75 Å². The van der Waals surface area contributed by atoms with E-state index in [0.29, 0.717) is 6.54 Å². The molecule has 0 unspecified atom stereocenters. The zero-order valence-corrected chi connectivity index (χ0v) is 16.6. The predicted molar refractivity (Wildman–Crippen MR) is 107 cm³/mol. The first-order valence-corrected chi connectivity index (χ1v) is 10.2. The Morgan fingerprint density at radius 1 is 1.04 bits per heavy atom. The van der Waals surface area contributed by atoms with Crippen LogP contribution in [0.25, 0.3) is 0 Å². The van der Waals surface area contributed by atoms with Gasteiger partial charge in [0.2, 0.25) is 11.8 Å². The fourth-order valence-corrected chi connectivity index (χ4v) is 3.84. The molecule has 0 radical (unpaired) electrons. The highest BCUT2D eigenvalue weighted by Gasteiger charge is 2.29. The lowest BCUT2D eigenvalue weighted by atomic mass is 9.81. The number of rotatable bonds is 7. The second-order valence-corrected chi connectivity index (χ2v) is 7.51. The van der Waals surface area contributed by atoms with Crippen LogP contribution in [-0.4, -0.2) is 63.2 Å². The minimum absolute atomic E-state index is 0.0229. The standard InChI is InChI=1S/C21H31N3O4/c1-27-19-8-6-18(7-9-19)23-21(26)17-4-2-16(3-5-17)20(25)22-10-11-24-12-14-28-15-13-24/h6-9,16-17H,2-5,10-15H2,1H3,(H,22,25)(H,23,26). The summed E-state index contributed by atoms with van der Waals surface area (Å²) in [6.07, 6.45) is 3.04. The lowest BCUT2D eigenvalue weighted by Crippen LogP contribution is -2.43. The molecule has 0 bridgehead atoms. The van der Waals surface area contributed by atoms with Gasteiger partial charge >= 0.3 is 0 Å². The topological polar surface area (TPSA) is 79.9 Å². The maximum Gasteiger partial charge on any atom is 0.227 e. The average molecular weight is 389 g/mol.